The maximum absolute atomic E-state index is 10.1. The second-order valence-electron chi connectivity index (χ2n) is 14.3. The molecule has 2 nitrogen and oxygen atoms in total. The fourth-order valence-corrected chi connectivity index (χ4v) is 6.73. The molecule has 0 bridgehead atoms. The molecular weight excluding hydrogens is 512 g/mol. The molecule has 2 aliphatic carbocycles. The first-order chi connectivity index (χ1) is 19.6. The molecule has 0 amide bonds. The third-order valence-corrected chi connectivity index (χ3v) is 8.98. The topological polar surface area (TPSA) is 40.5 Å². The minimum atomic E-state index is -0.221. The zero-order chi connectivity index (χ0) is 31.5. The SMILES string of the molecule is CC1=C(/C=C/C(C)=C/C=C/C(C)=C/C=C/C=C(\C)CC/C=C(/C)CCC2=C(C)C[C@@H](O)CC2(C)C)C(C)(C)C[C@@H](O)C1. The summed E-state index contributed by atoms with van der Waals surface area (Å²) in [5.74, 6) is 0. The van der Waals surface area contributed by atoms with Crippen LogP contribution < -0.4 is 0 Å². The van der Waals surface area contributed by atoms with E-state index in [0.717, 1.165) is 51.4 Å². The lowest BCUT2D eigenvalue weighted by Crippen LogP contribution is -2.29. The van der Waals surface area contributed by atoms with Crippen molar-refractivity contribution in [1.82, 2.24) is 0 Å². The third-order valence-electron chi connectivity index (χ3n) is 8.98. The molecule has 232 valence electrons. The Morgan fingerprint density at radius 3 is 1.93 bits per heavy atom. The van der Waals surface area contributed by atoms with E-state index in [1.165, 1.54) is 39.0 Å². The Morgan fingerprint density at radius 1 is 0.714 bits per heavy atom. The summed E-state index contributed by atoms with van der Waals surface area (Å²) in [7, 11) is 0. The Balaban J connectivity index is 1.81. The van der Waals surface area contributed by atoms with Crippen molar-refractivity contribution in [3.8, 4) is 0 Å². The third kappa shape index (κ3) is 12.1. The van der Waals surface area contributed by atoms with E-state index in [2.05, 4.69) is 130 Å². The molecule has 2 heteroatoms. The molecule has 0 saturated heterocycles. The van der Waals surface area contributed by atoms with Crippen LogP contribution in [0.2, 0.25) is 0 Å². The predicted octanol–water partition coefficient (Wildman–Crippen LogP) is 11.0. The highest BCUT2D eigenvalue weighted by molar-refractivity contribution is 5.38. The highest BCUT2D eigenvalue weighted by Crippen LogP contribution is 2.43. The van der Waals surface area contributed by atoms with Crippen LogP contribution in [0.3, 0.4) is 0 Å². The van der Waals surface area contributed by atoms with E-state index in [1.54, 1.807) is 5.57 Å². The average molecular weight is 573 g/mol. The van der Waals surface area contributed by atoms with Gasteiger partial charge in [-0.2, -0.15) is 0 Å². The highest BCUT2D eigenvalue weighted by atomic mass is 16.3. The van der Waals surface area contributed by atoms with Gasteiger partial charge in [0, 0.05) is 0 Å². The lowest BCUT2D eigenvalue weighted by atomic mass is 9.70. The Morgan fingerprint density at radius 2 is 1.29 bits per heavy atom. The summed E-state index contributed by atoms with van der Waals surface area (Å²) in [4.78, 5) is 0. The van der Waals surface area contributed by atoms with E-state index < -0.39 is 0 Å². The molecule has 2 N–H and O–H groups in total. The van der Waals surface area contributed by atoms with Crippen LogP contribution in [-0.4, -0.2) is 22.4 Å². The lowest BCUT2D eigenvalue weighted by molar-refractivity contribution is 0.113. The molecule has 0 radical (unpaired) electrons. The van der Waals surface area contributed by atoms with Gasteiger partial charge in [0.2, 0.25) is 0 Å². The van der Waals surface area contributed by atoms with Crippen LogP contribution in [0.15, 0.2) is 105 Å². The van der Waals surface area contributed by atoms with Crippen molar-refractivity contribution in [2.45, 2.75) is 133 Å². The van der Waals surface area contributed by atoms with Gasteiger partial charge in [-0.25, -0.2) is 0 Å². The van der Waals surface area contributed by atoms with Crippen molar-refractivity contribution in [3.05, 3.63) is 105 Å². The fraction of sp³-hybridized carbons (Fsp3) is 0.550. The maximum atomic E-state index is 10.1. The monoisotopic (exact) mass is 572 g/mol. The zero-order valence-electron chi connectivity index (χ0n) is 28.5. The van der Waals surface area contributed by atoms with E-state index in [0.29, 0.717) is 0 Å². The van der Waals surface area contributed by atoms with Crippen molar-refractivity contribution >= 4 is 0 Å². The first-order valence-corrected chi connectivity index (χ1v) is 16.1. The van der Waals surface area contributed by atoms with Gasteiger partial charge in [-0.3, -0.25) is 0 Å². The van der Waals surface area contributed by atoms with Gasteiger partial charge in [-0.1, -0.05) is 127 Å². The Kier molecular flexibility index (Phi) is 14.0. The summed E-state index contributed by atoms with van der Waals surface area (Å²) in [5, 5.41) is 20.2. The van der Waals surface area contributed by atoms with Gasteiger partial charge in [0.05, 0.1) is 12.2 Å². The summed E-state index contributed by atoms with van der Waals surface area (Å²) < 4.78 is 0. The minimum absolute atomic E-state index is 0.0123. The Hall–Kier alpha value is -2.42. The molecule has 0 heterocycles. The molecule has 2 rings (SSSR count). The van der Waals surface area contributed by atoms with Crippen LogP contribution >= 0.6 is 0 Å². The maximum Gasteiger partial charge on any atom is 0.0585 e. The average Bonchev–Trinajstić information content (AvgIpc) is 2.84. The summed E-state index contributed by atoms with van der Waals surface area (Å²) in [6.45, 7) is 22.1. The Bertz CT molecular complexity index is 1200. The van der Waals surface area contributed by atoms with Crippen LogP contribution in [0.25, 0.3) is 0 Å². The number of allylic oxidation sites excluding steroid dienone is 16. The van der Waals surface area contributed by atoms with Crippen LogP contribution in [0.1, 0.15) is 121 Å². The molecule has 2 aliphatic rings. The summed E-state index contributed by atoms with van der Waals surface area (Å²) in [6, 6.07) is 0. The molecular formula is C40H60O2. The molecule has 0 aromatic rings. The van der Waals surface area contributed by atoms with Crippen molar-refractivity contribution in [1.29, 1.82) is 0 Å². The van der Waals surface area contributed by atoms with Crippen molar-refractivity contribution < 1.29 is 10.2 Å². The van der Waals surface area contributed by atoms with Gasteiger partial charge in [0.25, 0.3) is 0 Å². The van der Waals surface area contributed by atoms with Gasteiger partial charge >= 0.3 is 0 Å². The lowest BCUT2D eigenvalue weighted by Gasteiger charge is -2.37. The number of rotatable bonds is 12. The van der Waals surface area contributed by atoms with E-state index in [4.69, 9.17) is 0 Å². The number of hydrogen-bond donors (Lipinski definition) is 2. The van der Waals surface area contributed by atoms with Gasteiger partial charge in [-0.15, -0.1) is 0 Å². The Labute approximate surface area is 258 Å². The molecule has 0 aromatic heterocycles. The highest BCUT2D eigenvalue weighted by Gasteiger charge is 2.32. The van der Waals surface area contributed by atoms with Crippen LogP contribution in [0.5, 0.6) is 0 Å². The molecule has 0 fully saturated rings. The van der Waals surface area contributed by atoms with E-state index in [9.17, 15) is 10.2 Å². The van der Waals surface area contributed by atoms with Crippen LogP contribution in [-0.2, 0) is 0 Å². The molecule has 0 aliphatic heterocycles. The second kappa shape index (κ2) is 16.4. The molecule has 0 aromatic carbocycles. The van der Waals surface area contributed by atoms with Gasteiger partial charge < -0.3 is 10.2 Å². The molecule has 0 saturated carbocycles. The van der Waals surface area contributed by atoms with E-state index >= 15 is 0 Å². The van der Waals surface area contributed by atoms with Gasteiger partial charge in [0.1, 0.15) is 0 Å². The summed E-state index contributed by atoms with van der Waals surface area (Å²) in [6.07, 6.45) is 29.2. The fourth-order valence-electron chi connectivity index (χ4n) is 6.73. The van der Waals surface area contributed by atoms with E-state index in [1.807, 2.05) is 0 Å². The zero-order valence-corrected chi connectivity index (χ0v) is 28.5. The molecule has 42 heavy (non-hydrogen) atoms. The molecule has 0 unspecified atom stereocenters. The summed E-state index contributed by atoms with van der Waals surface area (Å²) >= 11 is 0. The minimum Gasteiger partial charge on any atom is -0.393 e. The number of aliphatic hydroxyl groups is 2. The van der Waals surface area contributed by atoms with Crippen LogP contribution in [0, 0.1) is 10.8 Å². The van der Waals surface area contributed by atoms with E-state index in [-0.39, 0.29) is 23.0 Å². The smallest absolute Gasteiger partial charge is 0.0585 e. The summed E-state index contributed by atoms with van der Waals surface area (Å²) in [5.41, 5.74) is 11.0. The first-order valence-electron chi connectivity index (χ1n) is 16.1. The predicted molar refractivity (Wildman–Crippen MR) is 184 cm³/mol. The second-order valence-corrected chi connectivity index (χ2v) is 14.3. The standard InChI is InChI=1S/C40H60O2/c1-29(17-13-19-31(3)21-23-37-33(5)25-35(41)27-39(37,7)8)15-11-12-16-30(2)18-14-20-32(4)22-24-38-34(6)26-36(42)28-40(38,9)10/h11-13,15-17,19-21,23,35-36,41-42H,14,18,22,24-28H2,1-10H3/b12-11+,17-13+,23-21+,29-15+,30-16+,31-19+,32-20-/t35-,36+/m0/s1. The normalized spacial score (nSPS) is 24.7. The molecule has 0 spiro atoms. The van der Waals surface area contributed by atoms with Crippen LogP contribution in [0.4, 0.5) is 0 Å². The van der Waals surface area contributed by atoms with Crippen molar-refractivity contribution in [2.24, 2.45) is 10.8 Å². The van der Waals surface area contributed by atoms with Gasteiger partial charge in [0.15, 0.2) is 0 Å². The quantitative estimate of drug-likeness (QED) is 0.180. The molecule has 2 atom stereocenters. The number of hydrogen-bond acceptors (Lipinski definition) is 2. The largest absolute Gasteiger partial charge is 0.393 e. The number of aliphatic hydroxyl groups excluding tert-OH is 2. The van der Waals surface area contributed by atoms with Crippen molar-refractivity contribution in [3.63, 3.8) is 0 Å². The van der Waals surface area contributed by atoms with Gasteiger partial charge in [-0.05, 0) is 109 Å². The first kappa shape index (κ1) is 35.8. The van der Waals surface area contributed by atoms with Crippen molar-refractivity contribution in [2.75, 3.05) is 0 Å².